The molecule has 2 aromatic rings. The summed E-state index contributed by atoms with van der Waals surface area (Å²) in [4.78, 5) is 1.60. The van der Waals surface area contributed by atoms with Gasteiger partial charge in [-0.3, -0.25) is 0 Å². The minimum Gasteiger partial charge on any atom is -0.320 e. The standard InChI is InChI=1S/C15H11F2OPS3/c1-2-11-18-19(20,21-14-7-3-12(16)4-8-14)22-15-9-5-13(17)6-10-15/h1,3-10H,11H2. The van der Waals surface area contributed by atoms with E-state index in [9.17, 15) is 8.78 Å². The summed E-state index contributed by atoms with van der Waals surface area (Å²) in [5.41, 5.74) is 0. The van der Waals surface area contributed by atoms with Crippen molar-refractivity contribution in [2.75, 3.05) is 6.61 Å². The smallest absolute Gasteiger partial charge is 0.184 e. The van der Waals surface area contributed by atoms with Gasteiger partial charge < -0.3 is 4.52 Å². The highest BCUT2D eigenvalue weighted by Crippen LogP contribution is 2.74. The van der Waals surface area contributed by atoms with Crippen LogP contribution < -0.4 is 0 Å². The summed E-state index contributed by atoms with van der Waals surface area (Å²) in [7, 11) is 0. The van der Waals surface area contributed by atoms with E-state index in [-0.39, 0.29) is 18.2 Å². The molecule has 0 radical (unpaired) electrons. The van der Waals surface area contributed by atoms with Crippen molar-refractivity contribution >= 4 is 39.2 Å². The van der Waals surface area contributed by atoms with Crippen molar-refractivity contribution in [2.24, 2.45) is 0 Å². The molecule has 0 bridgehead atoms. The van der Waals surface area contributed by atoms with Gasteiger partial charge in [-0.15, -0.1) is 6.42 Å². The molecule has 22 heavy (non-hydrogen) atoms. The maximum absolute atomic E-state index is 13.0. The van der Waals surface area contributed by atoms with E-state index >= 15 is 0 Å². The van der Waals surface area contributed by atoms with E-state index in [0.717, 1.165) is 9.79 Å². The first kappa shape index (κ1) is 17.5. The Balaban J connectivity index is 2.19. The summed E-state index contributed by atoms with van der Waals surface area (Å²) >= 11 is 8.33. The molecule has 7 heteroatoms. The highest BCUT2D eigenvalue weighted by Gasteiger charge is 2.22. The van der Waals surface area contributed by atoms with Crippen LogP contribution in [0.25, 0.3) is 0 Å². The van der Waals surface area contributed by atoms with Gasteiger partial charge in [0, 0.05) is 9.79 Å². The van der Waals surface area contributed by atoms with E-state index in [2.05, 4.69) is 5.92 Å². The highest BCUT2D eigenvalue weighted by atomic mass is 33.2. The maximum Gasteiger partial charge on any atom is 0.184 e. The average Bonchev–Trinajstić information content (AvgIpc) is 2.50. The van der Waals surface area contributed by atoms with Crippen LogP contribution in [0.4, 0.5) is 8.78 Å². The SMILES string of the molecule is C#CCOP(=S)(Sc1ccc(F)cc1)Sc1ccc(F)cc1. The zero-order chi connectivity index (χ0) is 16.0. The third-order valence-electron chi connectivity index (χ3n) is 2.37. The van der Waals surface area contributed by atoms with Gasteiger partial charge in [0.2, 0.25) is 0 Å². The Labute approximate surface area is 141 Å². The van der Waals surface area contributed by atoms with Gasteiger partial charge in [0.1, 0.15) is 18.2 Å². The van der Waals surface area contributed by atoms with Gasteiger partial charge >= 0.3 is 0 Å². The molecular weight excluding hydrogens is 361 g/mol. The lowest BCUT2D eigenvalue weighted by atomic mass is 10.4. The second kappa shape index (κ2) is 8.14. The zero-order valence-corrected chi connectivity index (χ0v) is 14.6. The first-order valence-electron chi connectivity index (χ1n) is 6.09. The molecule has 0 atom stereocenters. The lowest BCUT2D eigenvalue weighted by Crippen LogP contribution is -1.86. The fourth-order valence-corrected chi connectivity index (χ4v) is 9.46. The summed E-state index contributed by atoms with van der Waals surface area (Å²) in [6.07, 6.45) is 5.24. The Morgan fingerprint density at radius 2 is 1.36 bits per heavy atom. The third kappa shape index (κ3) is 5.42. The average molecular weight is 372 g/mol. The van der Waals surface area contributed by atoms with Crippen molar-refractivity contribution in [3.63, 3.8) is 0 Å². The molecule has 0 unspecified atom stereocenters. The lowest BCUT2D eigenvalue weighted by Gasteiger charge is -2.19. The number of halogens is 2. The molecule has 0 amide bonds. The molecule has 114 valence electrons. The molecule has 0 aliphatic carbocycles. The summed E-state index contributed by atoms with van der Waals surface area (Å²) in [5.74, 6) is 1.78. The number of terminal acetylenes is 1. The first-order valence-corrected chi connectivity index (χ1v) is 11.7. The predicted molar refractivity (Wildman–Crippen MR) is 93.6 cm³/mol. The molecule has 0 aliphatic heterocycles. The number of hydrogen-bond donors (Lipinski definition) is 0. The Morgan fingerprint density at radius 3 is 1.73 bits per heavy atom. The monoisotopic (exact) mass is 372 g/mol. The number of rotatable bonds is 6. The molecule has 0 aliphatic rings. The second-order valence-electron chi connectivity index (χ2n) is 4.02. The minimum absolute atomic E-state index is 0.0969. The second-order valence-corrected chi connectivity index (χ2v) is 14.3. The predicted octanol–water partition coefficient (Wildman–Crippen LogP) is 5.72. The van der Waals surface area contributed by atoms with Gasteiger partial charge in [-0.2, -0.15) is 0 Å². The van der Waals surface area contributed by atoms with Crippen molar-refractivity contribution in [1.82, 2.24) is 0 Å². The molecule has 1 nitrogen and oxygen atoms in total. The highest BCUT2D eigenvalue weighted by molar-refractivity contribution is 8.99. The quantitative estimate of drug-likeness (QED) is 0.473. The Morgan fingerprint density at radius 1 is 0.955 bits per heavy atom. The molecule has 2 rings (SSSR count). The van der Waals surface area contributed by atoms with Crippen LogP contribution in [-0.4, -0.2) is 6.61 Å². The molecular formula is C15H11F2OPS3. The largest absolute Gasteiger partial charge is 0.320 e. The van der Waals surface area contributed by atoms with Crippen molar-refractivity contribution in [1.29, 1.82) is 0 Å². The molecule has 0 spiro atoms. The van der Waals surface area contributed by atoms with E-state index in [4.69, 9.17) is 22.8 Å². The molecule has 2 aromatic carbocycles. The molecule has 0 fully saturated rings. The van der Waals surface area contributed by atoms with Crippen LogP contribution in [0.3, 0.4) is 0 Å². The fraction of sp³-hybridized carbons (Fsp3) is 0.0667. The van der Waals surface area contributed by atoms with E-state index in [1.807, 2.05) is 0 Å². The van der Waals surface area contributed by atoms with Gasteiger partial charge in [-0.05, 0) is 60.3 Å². The van der Waals surface area contributed by atoms with Crippen molar-refractivity contribution < 1.29 is 13.3 Å². The Bertz CT molecular complexity index is 660. The topological polar surface area (TPSA) is 9.23 Å². The first-order chi connectivity index (χ1) is 10.5. The zero-order valence-electron chi connectivity index (χ0n) is 11.2. The minimum atomic E-state index is -2.43. The van der Waals surface area contributed by atoms with E-state index in [0.29, 0.717) is 0 Å². The van der Waals surface area contributed by atoms with Gasteiger partial charge in [0.05, 0.1) is 0 Å². The van der Waals surface area contributed by atoms with E-state index in [1.54, 1.807) is 24.3 Å². The number of benzene rings is 2. The van der Waals surface area contributed by atoms with Crippen LogP contribution in [0.5, 0.6) is 0 Å². The Kier molecular flexibility index (Phi) is 6.49. The molecule has 0 N–H and O–H groups in total. The fourth-order valence-electron chi connectivity index (χ4n) is 1.44. The van der Waals surface area contributed by atoms with Crippen LogP contribution in [0, 0.1) is 24.0 Å². The van der Waals surface area contributed by atoms with Crippen LogP contribution in [0.15, 0.2) is 58.3 Å². The van der Waals surface area contributed by atoms with Crippen molar-refractivity contribution in [3.8, 4) is 12.3 Å². The van der Waals surface area contributed by atoms with Gasteiger partial charge in [0.25, 0.3) is 0 Å². The maximum atomic E-state index is 13.0. The van der Waals surface area contributed by atoms with Gasteiger partial charge in [0.15, 0.2) is 4.67 Å². The summed E-state index contributed by atoms with van der Waals surface area (Å²) < 4.78 is 29.2. The molecule has 0 aromatic heterocycles. The van der Waals surface area contributed by atoms with Crippen molar-refractivity contribution in [3.05, 3.63) is 60.2 Å². The van der Waals surface area contributed by atoms with Crippen LogP contribution in [-0.2, 0) is 16.3 Å². The van der Waals surface area contributed by atoms with Gasteiger partial charge in [-0.1, -0.05) is 28.7 Å². The van der Waals surface area contributed by atoms with Gasteiger partial charge in [-0.25, -0.2) is 8.78 Å². The van der Waals surface area contributed by atoms with Crippen LogP contribution >= 0.6 is 27.4 Å². The lowest BCUT2D eigenvalue weighted by molar-refractivity contribution is 0.429. The normalized spacial score (nSPS) is 11.1. The molecule has 0 saturated carbocycles. The number of hydrogen-bond acceptors (Lipinski definition) is 4. The summed E-state index contributed by atoms with van der Waals surface area (Å²) in [5, 5.41) is 0. The van der Waals surface area contributed by atoms with E-state index in [1.165, 1.54) is 47.0 Å². The Hall–Kier alpha value is -0.830. The summed E-state index contributed by atoms with van der Waals surface area (Å²) in [6.45, 7) is 0.0969. The van der Waals surface area contributed by atoms with E-state index < -0.39 is 4.67 Å². The summed E-state index contributed by atoms with van der Waals surface area (Å²) in [6, 6.07) is 12.0. The molecule has 0 saturated heterocycles. The van der Waals surface area contributed by atoms with Crippen LogP contribution in [0.1, 0.15) is 0 Å². The van der Waals surface area contributed by atoms with Crippen molar-refractivity contribution in [2.45, 2.75) is 9.79 Å². The molecule has 0 heterocycles. The van der Waals surface area contributed by atoms with Crippen LogP contribution in [0.2, 0.25) is 0 Å². The third-order valence-corrected chi connectivity index (χ3v) is 10.5.